The van der Waals surface area contributed by atoms with Crippen molar-refractivity contribution in [1.82, 2.24) is 0 Å². The first kappa shape index (κ1) is 30.8. The molecule has 0 fully saturated rings. The van der Waals surface area contributed by atoms with Crippen molar-refractivity contribution in [3.63, 3.8) is 0 Å². The minimum absolute atomic E-state index is 0.0691. The van der Waals surface area contributed by atoms with Gasteiger partial charge in [0.2, 0.25) is 0 Å². The SMILES string of the molecule is C=CCCCCC(=O)O[C@H](C(C)=C[C@@H](C)[C@H](O[Si](C)(C)C(C)(C)C)[C@H](C=C)OC)C(C)C. The first-order valence-electron chi connectivity index (χ1n) is 12.0. The van der Waals surface area contributed by atoms with E-state index in [1.165, 1.54) is 0 Å². The summed E-state index contributed by atoms with van der Waals surface area (Å²) in [6, 6.07) is 0. The topological polar surface area (TPSA) is 44.8 Å². The highest BCUT2D eigenvalue weighted by Gasteiger charge is 2.41. The number of carbonyl (C=O) groups excluding carboxylic acids is 1. The van der Waals surface area contributed by atoms with Crippen molar-refractivity contribution in [1.29, 1.82) is 0 Å². The lowest BCUT2D eigenvalue weighted by atomic mass is 9.92. The Morgan fingerprint density at radius 2 is 1.69 bits per heavy atom. The van der Waals surface area contributed by atoms with Crippen LogP contribution in [0.5, 0.6) is 0 Å². The highest BCUT2D eigenvalue weighted by atomic mass is 28.4. The Morgan fingerprint density at radius 3 is 2.12 bits per heavy atom. The first-order valence-corrected chi connectivity index (χ1v) is 14.9. The first-order chi connectivity index (χ1) is 14.7. The molecule has 186 valence electrons. The van der Waals surface area contributed by atoms with Gasteiger partial charge < -0.3 is 13.9 Å². The van der Waals surface area contributed by atoms with Gasteiger partial charge in [-0.3, -0.25) is 4.79 Å². The summed E-state index contributed by atoms with van der Waals surface area (Å²) in [7, 11) is -0.326. The predicted octanol–water partition coefficient (Wildman–Crippen LogP) is 7.47. The van der Waals surface area contributed by atoms with E-state index >= 15 is 0 Å². The molecule has 0 unspecified atom stereocenters. The number of hydrogen-bond acceptors (Lipinski definition) is 4. The zero-order valence-electron chi connectivity index (χ0n) is 22.5. The number of hydrogen-bond donors (Lipinski definition) is 0. The van der Waals surface area contributed by atoms with Crippen LogP contribution < -0.4 is 0 Å². The zero-order valence-corrected chi connectivity index (χ0v) is 23.5. The van der Waals surface area contributed by atoms with Crippen molar-refractivity contribution in [3.05, 3.63) is 37.0 Å². The lowest BCUT2D eigenvalue weighted by Gasteiger charge is -2.42. The minimum atomic E-state index is -2.02. The Labute approximate surface area is 199 Å². The van der Waals surface area contributed by atoms with Gasteiger partial charge in [0, 0.05) is 19.4 Å². The molecule has 0 amide bonds. The van der Waals surface area contributed by atoms with Crippen molar-refractivity contribution in [3.8, 4) is 0 Å². The van der Waals surface area contributed by atoms with E-state index in [2.05, 4.69) is 73.9 Å². The smallest absolute Gasteiger partial charge is 0.306 e. The number of allylic oxidation sites excluding steroid dienone is 1. The fourth-order valence-corrected chi connectivity index (χ4v) is 4.86. The molecule has 0 saturated heterocycles. The molecule has 5 heteroatoms. The van der Waals surface area contributed by atoms with Gasteiger partial charge in [-0.2, -0.15) is 0 Å². The van der Waals surface area contributed by atoms with E-state index in [4.69, 9.17) is 13.9 Å². The van der Waals surface area contributed by atoms with Crippen LogP contribution in [-0.4, -0.2) is 39.7 Å². The van der Waals surface area contributed by atoms with Gasteiger partial charge in [0.05, 0.1) is 6.10 Å². The monoisotopic (exact) mass is 466 g/mol. The molecular weight excluding hydrogens is 416 g/mol. The van der Waals surface area contributed by atoms with Crippen LogP contribution in [0.1, 0.15) is 74.1 Å². The molecule has 0 spiro atoms. The second-order valence-electron chi connectivity index (χ2n) is 10.7. The van der Waals surface area contributed by atoms with Crippen LogP contribution >= 0.6 is 0 Å². The summed E-state index contributed by atoms with van der Waals surface area (Å²) in [4.78, 5) is 12.4. The summed E-state index contributed by atoms with van der Waals surface area (Å²) in [5, 5.41) is 0.0881. The minimum Gasteiger partial charge on any atom is -0.458 e. The largest absolute Gasteiger partial charge is 0.458 e. The van der Waals surface area contributed by atoms with Crippen LogP contribution in [0.3, 0.4) is 0 Å². The molecule has 0 N–H and O–H groups in total. The third kappa shape index (κ3) is 10.2. The van der Waals surface area contributed by atoms with Crippen LogP contribution in [0.15, 0.2) is 37.0 Å². The molecule has 0 aromatic rings. The van der Waals surface area contributed by atoms with E-state index in [1.54, 1.807) is 7.11 Å². The van der Waals surface area contributed by atoms with Crippen LogP contribution in [0, 0.1) is 11.8 Å². The Morgan fingerprint density at radius 1 is 1.09 bits per heavy atom. The van der Waals surface area contributed by atoms with Gasteiger partial charge in [0.1, 0.15) is 12.2 Å². The molecule has 0 aliphatic carbocycles. The van der Waals surface area contributed by atoms with Crippen molar-refractivity contribution >= 4 is 14.3 Å². The number of ether oxygens (including phenoxy) is 2. The van der Waals surface area contributed by atoms with Gasteiger partial charge in [-0.1, -0.05) is 59.8 Å². The normalized spacial score (nSPS) is 16.9. The lowest BCUT2D eigenvalue weighted by Crippen LogP contribution is -2.49. The summed E-state index contributed by atoms with van der Waals surface area (Å²) in [5.41, 5.74) is 1.05. The predicted molar refractivity (Wildman–Crippen MR) is 139 cm³/mol. The molecule has 0 aliphatic heterocycles. The van der Waals surface area contributed by atoms with E-state index in [1.807, 2.05) is 19.1 Å². The number of unbranched alkanes of at least 4 members (excludes halogenated alkanes) is 2. The Hall–Kier alpha value is -1.17. The summed E-state index contributed by atoms with van der Waals surface area (Å²) < 4.78 is 18.4. The maximum absolute atomic E-state index is 12.4. The molecule has 0 bridgehead atoms. The lowest BCUT2D eigenvalue weighted by molar-refractivity contribution is -0.149. The van der Waals surface area contributed by atoms with Gasteiger partial charge in [0.15, 0.2) is 8.32 Å². The molecule has 0 heterocycles. The van der Waals surface area contributed by atoms with Crippen molar-refractivity contribution < 1.29 is 18.7 Å². The molecule has 4 nitrogen and oxygen atoms in total. The molecule has 0 aliphatic rings. The molecule has 4 atom stereocenters. The maximum atomic E-state index is 12.4. The van der Waals surface area contributed by atoms with Gasteiger partial charge in [-0.05, 0) is 55.8 Å². The number of methoxy groups -OCH3 is 1. The van der Waals surface area contributed by atoms with Gasteiger partial charge in [-0.15, -0.1) is 13.2 Å². The molecule has 0 aromatic carbocycles. The Balaban J connectivity index is 5.61. The van der Waals surface area contributed by atoms with Crippen molar-refractivity contribution in [2.75, 3.05) is 7.11 Å². The molecule has 0 saturated carbocycles. The highest BCUT2D eigenvalue weighted by Crippen LogP contribution is 2.39. The van der Waals surface area contributed by atoms with Crippen LogP contribution in [0.25, 0.3) is 0 Å². The fraction of sp³-hybridized carbons (Fsp3) is 0.741. The Bertz CT molecular complexity index is 616. The maximum Gasteiger partial charge on any atom is 0.306 e. The second-order valence-corrected chi connectivity index (χ2v) is 15.5. The van der Waals surface area contributed by atoms with E-state index in [0.717, 1.165) is 24.8 Å². The average molecular weight is 467 g/mol. The highest BCUT2D eigenvalue weighted by molar-refractivity contribution is 6.74. The number of rotatable bonds is 15. The van der Waals surface area contributed by atoms with Gasteiger partial charge in [0.25, 0.3) is 0 Å². The molecule has 0 aromatic heterocycles. The van der Waals surface area contributed by atoms with E-state index in [-0.39, 0.29) is 41.2 Å². The van der Waals surface area contributed by atoms with Crippen LogP contribution in [-0.2, 0) is 18.7 Å². The summed E-state index contributed by atoms with van der Waals surface area (Å²) in [6.45, 7) is 27.3. The third-order valence-electron chi connectivity index (χ3n) is 6.46. The molecule has 0 radical (unpaired) electrons. The molecule has 0 rings (SSSR count). The van der Waals surface area contributed by atoms with Crippen LogP contribution in [0.2, 0.25) is 18.1 Å². The van der Waals surface area contributed by atoms with E-state index < -0.39 is 8.32 Å². The summed E-state index contributed by atoms with van der Waals surface area (Å²) >= 11 is 0. The number of carbonyl (C=O) groups is 1. The van der Waals surface area contributed by atoms with Crippen molar-refractivity contribution in [2.45, 2.75) is 111 Å². The van der Waals surface area contributed by atoms with Crippen molar-refractivity contribution in [2.24, 2.45) is 11.8 Å². The van der Waals surface area contributed by atoms with Gasteiger partial charge in [-0.25, -0.2) is 0 Å². The molecule has 32 heavy (non-hydrogen) atoms. The summed E-state index contributed by atoms with van der Waals surface area (Å²) in [5.74, 6) is 0.121. The third-order valence-corrected chi connectivity index (χ3v) is 10.9. The quantitative estimate of drug-likeness (QED) is 0.109. The van der Waals surface area contributed by atoms with Crippen LogP contribution in [0.4, 0.5) is 0 Å². The zero-order chi connectivity index (χ0) is 25.1. The molecular formula is C27H50O4Si. The van der Waals surface area contributed by atoms with E-state index in [0.29, 0.717) is 6.42 Å². The summed E-state index contributed by atoms with van der Waals surface area (Å²) in [6.07, 6.45) is 8.43. The Kier molecular flexibility index (Phi) is 13.6. The fourth-order valence-electron chi connectivity index (χ4n) is 3.47. The number of esters is 1. The average Bonchev–Trinajstić information content (AvgIpc) is 2.68. The second kappa shape index (κ2) is 14.2. The standard InChI is InChI=1S/C27H50O4Si/c1-13-15-16-17-18-24(28)30-25(20(3)4)21(5)19-22(6)26(23(14-2)29-10)31-32(11,12)27(7,8)9/h13-14,19-20,22-23,25-26H,1-2,15-18H2,3-12H3/t22-,23+,25+,26+/m1/s1. The van der Waals surface area contributed by atoms with E-state index in [9.17, 15) is 4.79 Å². The van der Waals surface area contributed by atoms with Gasteiger partial charge >= 0.3 is 5.97 Å².